The predicted molar refractivity (Wildman–Crippen MR) is 107 cm³/mol. The number of unbranched alkanes of at least 4 members (excludes halogenated alkanes) is 11. The number of benzene rings is 1. The van der Waals surface area contributed by atoms with Crippen molar-refractivity contribution in [1.82, 2.24) is 0 Å². The molecule has 0 amide bonds. The number of phenolic OH excluding ortho intramolecular Hbond substituents is 1. The lowest BCUT2D eigenvalue weighted by Crippen LogP contribution is -1.87. The molecule has 0 aliphatic rings. The van der Waals surface area contributed by atoms with Gasteiger partial charge in [0.1, 0.15) is 5.75 Å². The fraction of sp³-hybridized carbons (Fsp3) is 0.652. The first kappa shape index (κ1) is 20.8. The minimum atomic E-state index is 0.455. The monoisotopic (exact) mass is 330 g/mol. The first-order valence-electron chi connectivity index (χ1n) is 10.3. The van der Waals surface area contributed by atoms with Crippen LogP contribution in [0.2, 0.25) is 0 Å². The Morgan fingerprint density at radius 2 is 1.25 bits per heavy atom. The smallest absolute Gasteiger partial charge is 0.118 e. The Labute approximate surface area is 150 Å². The maximum absolute atomic E-state index is 9.72. The molecular weight excluding hydrogens is 292 g/mol. The Kier molecular flexibility index (Phi) is 13.3. The van der Waals surface area contributed by atoms with Gasteiger partial charge in [0.05, 0.1) is 0 Å². The Bertz CT molecular complexity index is 422. The van der Waals surface area contributed by atoms with E-state index in [9.17, 15) is 5.11 Å². The minimum Gasteiger partial charge on any atom is -0.508 e. The van der Waals surface area contributed by atoms with E-state index in [1.807, 2.05) is 18.2 Å². The fourth-order valence-corrected chi connectivity index (χ4v) is 3.11. The van der Waals surface area contributed by atoms with Gasteiger partial charge in [-0.25, -0.2) is 0 Å². The zero-order valence-corrected chi connectivity index (χ0v) is 15.8. The van der Waals surface area contributed by atoms with Crippen LogP contribution in [0.1, 0.15) is 96.0 Å². The molecule has 1 N–H and O–H groups in total. The van der Waals surface area contributed by atoms with Gasteiger partial charge in [0, 0.05) is 0 Å². The van der Waals surface area contributed by atoms with E-state index in [4.69, 9.17) is 0 Å². The van der Waals surface area contributed by atoms with E-state index in [1.54, 1.807) is 6.07 Å². The summed E-state index contributed by atoms with van der Waals surface area (Å²) in [6, 6.07) is 7.72. The summed E-state index contributed by atoms with van der Waals surface area (Å²) in [4.78, 5) is 0. The summed E-state index contributed by atoms with van der Waals surface area (Å²) in [5, 5.41) is 9.72. The maximum atomic E-state index is 9.72. The van der Waals surface area contributed by atoms with Gasteiger partial charge in [-0.3, -0.25) is 0 Å². The summed E-state index contributed by atoms with van der Waals surface area (Å²) in [7, 11) is 0. The van der Waals surface area contributed by atoms with Crippen LogP contribution in [0, 0.1) is 0 Å². The maximum Gasteiger partial charge on any atom is 0.118 e. The number of hydrogen-bond donors (Lipinski definition) is 1. The van der Waals surface area contributed by atoms with Crippen LogP contribution >= 0.6 is 0 Å². The molecule has 1 rings (SSSR count). The third-order valence-corrected chi connectivity index (χ3v) is 4.70. The van der Waals surface area contributed by atoms with Gasteiger partial charge in [-0.2, -0.15) is 0 Å². The van der Waals surface area contributed by atoms with Crippen LogP contribution in [0.5, 0.6) is 5.75 Å². The molecule has 0 saturated heterocycles. The van der Waals surface area contributed by atoms with Gasteiger partial charge in [0.15, 0.2) is 0 Å². The van der Waals surface area contributed by atoms with Crippen molar-refractivity contribution in [1.29, 1.82) is 0 Å². The van der Waals surface area contributed by atoms with Crippen LogP contribution in [-0.2, 0) is 6.42 Å². The highest BCUT2D eigenvalue weighted by atomic mass is 16.3. The van der Waals surface area contributed by atoms with Crippen molar-refractivity contribution in [3.05, 3.63) is 42.0 Å². The van der Waals surface area contributed by atoms with E-state index >= 15 is 0 Å². The van der Waals surface area contributed by atoms with Gasteiger partial charge >= 0.3 is 0 Å². The molecule has 0 heterocycles. The summed E-state index contributed by atoms with van der Waals surface area (Å²) >= 11 is 0. The second kappa shape index (κ2) is 15.3. The lowest BCUT2D eigenvalue weighted by atomic mass is 10.0. The highest BCUT2D eigenvalue weighted by molar-refractivity contribution is 5.31. The summed E-state index contributed by atoms with van der Waals surface area (Å²) in [6.45, 7) is 2.27. The Morgan fingerprint density at radius 1 is 0.708 bits per heavy atom. The molecule has 0 bridgehead atoms. The summed E-state index contributed by atoms with van der Waals surface area (Å²) in [5.41, 5.74) is 1.10. The molecule has 0 aromatic heterocycles. The van der Waals surface area contributed by atoms with E-state index in [0.29, 0.717) is 5.75 Å². The number of phenols is 1. The van der Waals surface area contributed by atoms with E-state index in [2.05, 4.69) is 19.1 Å². The van der Waals surface area contributed by atoms with Crippen LogP contribution in [0.3, 0.4) is 0 Å². The number of aromatic hydroxyl groups is 1. The molecule has 24 heavy (non-hydrogen) atoms. The molecule has 0 saturated carbocycles. The van der Waals surface area contributed by atoms with Crippen molar-refractivity contribution >= 4 is 0 Å². The third-order valence-electron chi connectivity index (χ3n) is 4.70. The molecule has 1 aromatic carbocycles. The quantitative estimate of drug-likeness (QED) is 0.259. The standard InChI is InChI=1S/C23H38O/c1-2-3-4-5-6-7-8-9-10-11-12-13-14-15-16-19-22-20-17-18-21-23(22)24/h7-8,17-18,20-21,24H,2-6,9-16,19H2,1H3. The molecule has 0 aliphatic carbocycles. The molecule has 1 heteroatoms. The van der Waals surface area contributed by atoms with Crippen molar-refractivity contribution in [2.45, 2.75) is 96.8 Å². The van der Waals surface area contributed by atoms with Crippen LogP contribution in [0.15, 0.2) is 36.4 Å². The number of allylic oxidation sites excluding steroid dienone is 2. The van der Waals surface area contributed by atoms with Crippen LogP contribution < -0.4 is 0 Å². The lowest BCUT2D eigenvalue weighted by Gasteiger charge is -2.04. The topological polar surface area (TPSA) is 20.2 Å². The first-order chi connectivity index (χ1) is 11.8. The molecular formula is C23H38O. The number of hydrogen-bond acceptors (Lipinski definition) is 1. The van der Waals surface area contributed by atoms with E-state index in [0.717, 1.165) is 12.0 Å². The van der Waals surface area contributed by atoms with Gasteiger partial charge in [0.25, 0.3) is 0 Å². The molecule has 1 nitrogen and oxygen atoms in total. The van der Waals surface area contributed by atoms with Crippen molar-refractivity contribution in [2.24, 2.45) is 0 Å². The molecule has 0 unspecified atom stereocenters. The molecule has 1 aromatic rings. The number of para-hydroxylation sites is 1. The van der Waals surface area contributed by atoms with Crippen molar-refractivity contribution in [3.63, 3.8) is 0 Å². The van der Waals surface area contributed by atoms with Gasteiger partial charge in [-0.1, -0.05) is 88.6 Å². The van der Waals surface area contributed by atoms with Crippen molar-refractivity contribution in [2.75, 3.05) is 0 Å². The summed E-state index contributed by atoms with van der Waals surface area (Å²) < 4.78 is 0. The Hall–Kier alpha value is -1.24. The normalized spacial score (nSPS) is 11.4. The highest BCUT2D eigenvalue weighted by Crippen LogP contribution is 2.19. The second-order valence-electron chi connectivity index (χ2n) is 6.96. The first-order valence-corrected chi connectivity index (χ1v) is 10.3. The zero-order valence-electron chi connectivity index (χ0n) is 15.8. The summed E-state index contributed by atoms with van der Waals surface area (Å²) in [6.07, 6.45) is 23.1. The van der Waals surface area contributed by atoms with Crippen LogP contribution in [0.25, 0.3) is 0 Å². The zero-order chi connectivity index (χ0) is 17.3. The van der Waals surface area contributed by atoms with E-state index in [-0.39, 0.29) is 0 Å². The van der Waals surface area contributed by atoms with E-state index < -0.39 is 0 Å². The molecule has 0 radical (unpaired) electrons. The molecule has 0 aliphatic heterocycles. The Morgan fingerprint density at radius 3 is 1.88 bits per heavy atom. The molecule has 0 spiro atoms. The van der Waals surface area contributed by atoms with Crippen LogP contribution in [-0.4, -0.2) is 5.11 Å². The lowest BCUT2D eigenvalue weighted by molar-refractivity contribution is 0.466. The van der Waals surface area contributed by atoms with E-state index in [1.165, 1.54) is 83.5 Å². The van der Waals surface area contributed by atoms with Crippen molar-refractivity contribution < 1.29 is 5.11 Å². The fourth-order valence-electron chi connectivity index (χ4n) is 3.11. The third kappa shape index (κ3) is 11.3. The van der Waals surface area contributed by atoms with Gasteiger partial charge in [-0.05, 0) is 50.2 Å². The van der Waals surface area contributed by atoms with Crippen LogP contribution in [0.4, 0.5) is 0 Å². The average Bonchev–Trinajstić information content (AvgIpc) is 2.60. The number of rotatable bonds is 15. The van der Waals surface area contributed by atoms with Gasteiger partial charge < -0.3 is 5.11 Å². The highest BCUT2D eigenvalue weighted by Gasteiger charge is 1.99. The summed E-state index contributed by atoms with van der Waals surface area (Å²) in [5.74, 6) is 0.455. The predicted octanol–water partition coefficient (Wildman–Crippen LogP) is 7.58. The number of aryl methyl sites for hydroxylation is 1. The molecule has 0 atom stereocenters. The van der Waals surface area contributed by atoms with Crippen molar-refractivity contribution in [3.8, 4) is 5.75 Å². The molecule has 0 fully saturated rings. The van der Waals surface area contributed by atoms with Gasteiger partial charge in [-0.15, -0.1) is 0 Å². The average molecular weight is 331 g/mol. The minimum absolute atomic E-state index is 0.455. The largest absolute Gasteiger partial charge is 0.508 e. The molecule has 136 valence electrons. The van der Waals surface area contributed by atoms with Gasteiger partial charge in [0.2, 0.25) is 0 Å². The Balaban J connectivity index is 1.82. The SMILES string of the molecule is CCCCCCC=CCCCCCCCCCc1ccccc1O. The second-order valence-corrected chi connectivity index (χ2v) is 6.96.